The number of primary sulfonamides is 1. The van der Waals surface area contributed by atoms with Gasteiger partial charge in [0, 0.05) is 30.7 Å². The van der Waals surface area contributed by atoms with Crippen molar-refractivity contribution in [1.82, 2.24) is 14.9 Å². The van der Waals surface area contributed by atoms with Crippen LogP contribution >= 0.6 is 27.5 Å². The maximum Gasteiger partial charge on any atom is 0.238 e. The average molecular weight is 606 g/mol. The van der Waals surface area contributed by atoms with Crippen LogP contribution in [0.5, 0.6) is 11.6 Å². The van der Waals surface area contributed by atoms with Crippen LogP contribution in [0.3, 0.4) is 0 Å². The van der Waals surface area contributed by atoms with Gasteiger partial charge in [0.05, 0.1) is 27.2 Å². The van der Waals surface area contributed by atoms with Crippen molar-refractivity contribution in [1.29, 1.82) is 5.26 Å². The highest BCUT2D eigenvalue weighted by atomic mass is 79.9. The third kappa shape index (κ3) is 6.77. The van der Waals surface area contributed by atoms with Crippen LogP contribution in [-0.2, 0) is 16.6 Å². The topological polar surface area (TPSA) is 134 Å². The molecule has 37 heavy (non-hydrogen) atoms. The number of likely N-dealkylation sites (tertiary alicyclic amines) is 1. The molecule has 0 aliphatic carbocycles. The minimum atomic E-state index is -3.78. The van der Waals surface area contributed by atoms with Gasteiger partial charge < -0.3 is 10.1 Å². The van der Waals surface area contributed by atoms with Crippen LogP contribution in [0, 0.1) is 25.2 Å². The quantitative estimate of drug-likeness (QED) is 0.389. The fraction of sp³-hybridized carbons (Fsp3) is 0.320. The van der Waals surface area contributed by atoms with E-state index in [9.17, 15) is 13.7 Å². The highest BCUT2D eigenvalue weighted by Crippen LogP contribution is 2.33. The van der Waals surface area contributed by atoms with E-state index in [1.807, 2.05) is 13.8 Å². The smallest absolute Gasteiger partial charge is 0.238 e. The van der Waals surface area contributed by atoms with Crippen molar-refractivity contribution < 1.29 is 13.2 Å². The second-order valence-corrected chi connectivity index (χ2v) is 11.8. The lowest BCUT2D eigenvalue weighted by atomic mass is 10.0. The van der Waals surface area contributed by atoms with Gasteiger partial charge in [-0.1, -0.05) is 17.7 Å². The van der Waals surface area contributed by atoms with Gasteiger partial charge >= 0.3 is 0 Å². The molecule has 0 radical (unpaired) electrons. The third-order valence-corrected chi connectivity index (χ3v) is 7.97. The summed E-state index contributed by atoms with van der Waals surface area (Å²) < 4.78 is 29.8. The van der Waals surface area contributed by atoms with Crippen LogP contribution in [0.1, 0.15) is 35.1 Å². The first-order valence-corrected chi connectivity index (χ1v) is 14.3. The lowest BCUT2D eigenvalue weighted by Crippen LogP contribution is -2.39. The SMILES string of the molecule is Cc1cc(C#N)cc(C)c1Oc1nc(NC2CCN(Cc3ccc(S(N)(=O)=O)cc3Cl)CC2)ncc1Br. The van der Waals surface area contributed by atoms with Crippen molar-refractivity contribution in [2.75, 3.05) is 18.4 Å². The van der Waals surface area contributed by atoms with E-state index < -0.39 is 10.0 Å². The molecule has 2 heterocycles. The second kappa shape index (κ2) is 11.3. The Labute approximate surface area is 229 Å². The summed E-state index contributed by atoms with van der Waals surface area (Å²) in [5, 5.41) is 18.2. The molecule has 0 bridgehead atoms. The summed E-state index contributed by atoms with van der Waals surface area (Å²) >= 11 is 9.77. The van der Waals surface area contributed by atoms with Crippen molar-refractivity contribution >= 4 is 43.5 Å². The van der Waals surface area contributed by atoms with E-state index in [0.29, 0.717) is 39.2 Å². The summed E-state index contributed by atoms with van der Waals surface area (Å²) in [6.45, 7) is 6.06. The van der Waals surface area contributed by atoms with E-state index in [-0.39, 0.29) is 10.9 Å². The summed E-state index contributed by atoms with van der Waals surface area (Å²) in [7, 11) is -3.78. The van der Waals surface area contributed by atoms with Crippen LogP contribution in [-0.4, -0.2) is 42.4 Å². The molecule has 0 unspecified atom stereocenters. The van der Waals surface area contributed by atoms with E-state index in [1.165, 1.54) is 12.1 Å². The molecule has 1 aliphatic heterocycles. The van der Waals surface area contributed by atoms with E-state index in [4.69, 9.17) is 21.5 Å². The number of aryl methyl sites for hydroxylation is 2. The second-order valence-electron chi connectivity index (χ2n) is 8.99. The number of aromatic nitrogens is 2. The van der Waals surface area contributed by atoms with Crippen LogP contribution in [0.4, 0.5) is 5.95 Å². The summed E-state index contributed by atoms with van der Waals surface area (Å²) in [6.07, 6.45) is 3.40. The third-order valence-electron chi connectivity index (χ3n) is 6.17. The monoisotopic (exact) mass is 604 g/mol. The summed E-state index contributed by atoms with van der Waals surface area (Å²) in [5.74, 6) is 1.53. The molecular weight excluding hydrogens is 580 g/mol. The summed E-state index contributed by atoms with van der Waals surface area (Å²) in [5.41, 5.74) is 3.14. The van der Waals surface area contributed by atoms with Gasteiger partial charge in [0.15, 0.2) is 0 Å². The number of nitrogens with two attached hydrogens (primary N) is 1. The van der Waals surface area contributed by atoms with Crippen molar-refractivity contribution in [3.05, 3.63) is 68.3 Å². The Hall–Kier alpha value is -2.75. The first kappa shape index (κ1) is 27.3. The predicted molar refractivity (Wildman–Crippen MR) is 145 cm³/mol. The summed E-state index contributed by atoms with van der Waals surface area (Å²) in [6, 6.07) is 10.5. The summed E-state index contributed by atoms with van der Waals surface area (Å²) in [4.78, 5) is 11.2. The molecule has 3 aromatic rings. The van der Waals surface area contributed by atoms with Gasteiger partial charge in [-0.2, -0.15) is 10.2 Å². The molecule has 0 atom stereocenters. The number of piperidine rings is 1. The molecule has 0 saturated carbocycles. The fourth-order valence-electron chi connectivity index (χ4n) is 4.26. The first-order chi connectivity index (χ1) is 17.5. The van der Waals surface area contributed by atoms with Crippen molar-refractivity contribution in [2.24, 2.45) is 5.14 Å². The number of rotatable bonds is 7. The first-order valence-electron chi connectivity index (χ1n) is 11.6. The molecule has 3 N–H and O–H groups in total. The molecule has 194 valence electrons. The van der Waals surface area contributed by atoms with Gasteiger partial charge in [-0.05, 0) is 83.6 Å². The molecule has 1 fully saturated rings. The fourth-order valence-corrected chi connectivity index (χ4v) is 5.37. The highest BCUT2D eigenvalue weighted by Gasteiger charge is 2.22. The average Bonchev–Trinajstić information content (AvgIpc) is 2.84. The minimum Gasteiger partial charge on any atom is -0.437 e. The van der Waals surface area contributed by atoms with Crippen molar-refractivity contribution in [2.45, 2.75) is 44.2 Å². The number of sulfonamides is 1. The standard InChI is InChI=1S/C25H26BrClN6O3S/c1-15-9-17(12-28)10-16(2)23(15)36-24-21(26)13-30-25(32-24)31-19-5-7-33(8-6-19)14-18-3-4-20(11-22(18)27)37(29,34)35/h3-4,9-11,13,19H,5-8,14H2,1-2H3,(H2,29,34,35)(H,30,31,32). The Morgan fingerprint density at radius 1 is 1.24 bits per heavy atom. The van der Waals surface area contributed by atoms with E-state index >= 15 is 0 Å². The Morgan fingerprint density at radius 3 is 2.51 bits per heavy atom. The number of nitriles is 1. The van der Waals surface area contributed by atoms with Crippen molar-refractivity contribution in [3.63, 3.8) is 0 Å². The Bertz CT molecular complexity index is 1450. The zero-order valence-electron chi connectivity index (χ0n) is 20.3. The maximum absolute atomic E-state index is 11.5. The molecule has 0 spiro atoms. The zero-order valence-corrected chi connectivity index (χ0v) is 23.5. The normalized spacial score (nSPS) is 14.8. The molecule has 12 heteroatoms. The van der Waals surface area contributed by atoms with Gasteiger partial charge in [-0.25, -0.2) is 18.5 Å². The number of nitrogens with zero attached hydrogens (tertiary/aromatic N) is 4. The highest BCUT2D eigenvalue weighted by molar-refractivity contribution is 9.10. The Kier molecular flexibility index (Phi) is 8.36. The van der Waals surface area contributed by atoms with Gasteiger partial charge in [0.25, 0.3) is 0 Å². The lowest BCUT2D eigenvalue weighted by molar-refractivity contribution is 0.211. The van der Waals surface area contributed by atoms with Crippen molar-refractivity contribution in [3.8, 4) is 17.7 Å². The molecule has 0 amide bonds. The minimum absolute atomic E-state index is 0.00603. The zero-order chi connectivity index (χ0) is 26.7. The maximum atomic E-state index is 11.5. The predicted octanol–water partition coefficient (Wildman–Crippen LogP) is 4.90. The van der Waals surface area contributed by atoms with Crippen LogP contribution < -0.4 is 15.2 Å². The van der Waals surface area contributed by atoms with E-state index in [0.717, 1.165) is 42.6 Å². The molecule has 1 aliphatic rings. The van der Waals surface area contributed by atoms with E-state index in [1.54, 1.807) is 24.4 Å². The van der Waals surface area contributed by atoms with Gasteiger partial charge in [0.1, 0.15) is 5.75 Å². The molecule has 9 nitrogen and oxygen atoms in total. The molecule has 4 rings (SSSR count). The van der Waals surface area contributed by atoms with E-state index in [2.05, 4.69) is 42.2 Å². The number of hydrogen-bond acceptors (Lipinski definition) is 8. The van der Waals surface area contributed by atoms with Gasteiger partial charge in [-0.3, -0.25) is 4.90 Å². The van der Waals surface area contributed by atoms with Crippen LogP contribution in [0.2, 0.25) is 5.02 Å². The largest absolute Gasteiger partial charge is 0.437 e. The number of benzene rings is 2. The lowest BCUT2D eigenvalue weighted by Gasteiger charge is -2.32. The van der Waals surface area contributed by atoms with Gasteiger partial charge in [-0.15, -0.1) is 0 Å². The number of nitrogens with one attached hydrogen (secondary N) is 1. The van der Waals surface area contributed by atoms with Crippen LogP contribution in [0.25, 0.3) is 0 Å². The van der Waals surface area contributed by atoms with Gasteiger partial charge in [0.2, 0.25) is 21.9 Å². The van der Waals surface area contributed by atoms with Crippen LogP contribution in [0.15, 0.2) is 45.9 Å². The number of hydrogen-bond donors (Lipinski definition) is 2. The molecule has 2 aromatic carbocycles. The number of anilines is 1. The Balaban J connectivity index is 1.37. The molecular formula is C25H26BrClN6O3S. The Morgan fingerprint density at radius 2 is 1.92 bits per heavy atom. The number of ether oxygens (including phenoxy) is 1. The molecule has 1 saturated heterocycles. The molecule has 1 aromatic heterocycles. The number of halogens is 2.